The molecule has 0 spiro atoms. The summed E-state index contributed by atoms with van der Waals surface area (Å²) in [4.78, 5) is 24.8. The number of halogens is 1. The molecule has 0 saturated carbocycles. The number of hydrogen-bond donors (Lipinski definition) is 2. The quantitative estimate of drug-likeness (QED) is 0.662. The third-order valence-electron chi connectivity index (χ3n) is 4.64. The maximum absolute atomic E-state index is 13.7. The molecule has 1 aliphatic rings. The van der Waals surface area contributed by atoms with Gasteiger partial charge >= 0.3 is 12.0 Å². The van der Waals surface area contributed by atoms with Gasteiger partial charge in [0.15, 0.2) is 0 Å². The van der Waals surface area contributed by atoms with Gasteiger partial charge in [-0.25, -0.2) is 14.0 Å². The van der Waals surface area contributed by atoms with Crippen LogP contribution in [-0.2, 0) is 16.1 Å². The molecular formula is C23H25FN2O4. The fraction of sp³-hybridized carbons (Fsp3) is 0.304. The van der Waals surface area contributed by atoms with Gasteiger partial charge in [0.1, 0.15) is 18.2 Å². The van der Waals surface area contributed by atoms with E-state index in [0.29, 0.717) is 34.6 Å². The number of carbonyl (C=O) groups is 2. The Kier molecular flexibility index (Phi) is 6.72. The van der Waals surface area contributed by atoms with Gasteiger partial charge in [-0.3, -0.25) is 0 Å². The number of carbonyl (C=O) groups excluding carboxylic acids is 2. The lowest BCUT2D eigenvalue weighted by atomic mass is 9.94. The molecule has 0 radical (unpaired) electrons. The van der Waals surface area contributed by atoms with E-state index in [1.54, 1.807) is 56.3 Å². The van der Waals surface area contributed by atoms with Crippen LogP contribution in [0.3, 0.4) is 0 Å². The van der Waals surface area contributed by atoms with Crippen LogP contribution in [0.15, 0.2) is 59.8 Å². The second kappa shape index (κ2) is 9.43. The SMILES string of the molecule is CCC1=C(C(=O)OC(C)C)C(c2ccc(OCc3ccccc3F)cc2)NC(=O)N1. The average molecular weight is 412 g/mol. The average Bonchev–Trinajstić information content (AvgIpc) is 2.72. The molecule has 0 aliphatic carbocycles. The van der Waals surface area contributed by atoms with Gasteiger partial charge in [0.2, 0.25) is 0 Å². The maximum Gasteiger partial charge on any atom is 0.338 e. The number of nitrogens with one attached hydrogen (secondary N) is 2. The molecule has 2 aromatic carbocycles. The number of amides is 2. The molecule has 1 aliphatic heterocycles. The van der Waals surface area contributed by atoms with Gasteiger partial charge in [0, 0.05) is 11.3 Å². The number of benzene rings is 2. The first kappa shape index (κ1) is 21.4. The van der Waals surface area contributed by atoms with Crippen molar-refractivity contribution in [1.82, 2.24) is 10.6 Å². The smallest absolute Gasteiger partial charge is 0.338 e. The highest BCUT2D eigenvalue weighted by Crippen LogP contribution is 2.30. The van der Waals surface area contributed by atoms with Gasteiger partial charge in [-0.2, -0.15) is 0 Å². The minimum atomic E-state index is -0.638. The van der Waals surface area contributed by atoms with Crippen molar-refractivity contribution in [2.24, 2.45) is 0 Å². The Morgan fingerprint density at radius 1 is 1.13 bits per heavy atom. The molecule has 2 aromatic rings. The van der Waals surface area contributed by atoms with Crippen molar-refractivity contribution in [1.29, 1.82) is 0 Å². The Bertz CT molecular complexity index is 954. The predicted molar refractivity (Wildman–Crippen MR) is 110 cm³/mol. The van der Waals surface area contributed by atoms with Crippen LogP contribution in [0.1, 0.15) is 44.4 Å². The Labute approximate surface area is 175 Å². The standard InChI is InChI=1S/C23H25FN2O4/c1-4-19-20(22(27)30-14(2)3)21(26-23(28)25-19)15-9-11-17(12-10-15)29-13-16-7-5-6-8-18(16)24/h5-12,14,21H,4,13H2,1-3H3,(H2,25,26,28). The first-order valence-corrected chi connectivity index (χ1v) is 9.86. The molecule has 1 heterocycles. The molecule has 6 nitrogen and oxygen atoms in total. The highest BCUT2D eigenvalue weighted by atomic mass is 19.1. The van der Waals surface area contributed by atoms with Crippen LogP contribution in [0.4, 0.5) is 9.18 Å². The van der Waals surface area contributed by atoms with Gasteiger partial charge in [0.05, 0.1) is 17.7 Å². The Morgan fingerprint density at radius 3 is 2.47 bits per heavy atom. The Morgan fingerprint density at radius 2 is 1.83 bits per heavy atom. The lowest BCUT2D eigenvalue weighted by molar-refractivity contribution is -0.143. The number of allylic oxidation sites excluding steroid dienone is 1. The third-order valence-corrected chi connectivity index (χ3v) is 4.64. The van der Waals surface area contributed by atoms with Crippen LogP contribution >= 0.6 is 0 Å². The summed E-state index contributed by atoms with van der Waals surface area (Å²) in [6.45, 7) is 5.51. The molecule has 2 amide bonds. The van der Waals surface area contributed by atoms with E-state index < -0.39 is 12.0 Å². The van der Waals surface area contributed by atoms with Crippen molar-refractivity contribution < 1.29 is 23.5 Å². The van der Waals surface area contributed by atoms with Crippen LogP contribution in [0, 0.1) is 5.82 Å². The predicted octanol–water partition coefficient (Wildman–Crippen LogP) is 4.37. The van der Waals surface area contributed by atoms with Gasteiger partial charge in [-0.15, -0.1) is 0 Å². The summed E-state index contributed by atoms with van der Waals surface area (Å²) >= 11 is 0. The van der Waals surface area contributed by atoms with E-state index in [9.17, 15) is 14.0 Å². The highest BCUT2D eigenvalue weighted by molar-refractivity contribution is 5.95. The molecule has 0 bridgehead atoms. The number of urea groups is 1. The van der Waals surface area contributed by atoms with E-state index >= 15 is 0 Å². The van der Waals surface area contributed by atoms with Gasteiger partial charge in [0.25, 0.3) is 0 Å². The fourth-order valence-corrected chi connectivity index (χ4v) is 3.20. The minimum Gasteiger partial charge on any atom is -0.489 e. The van der Waals surface area contributed by atoms with Gasteiger partial charge in [-0.05, 0) is 44.0 Å². The van der Waals surface area contributed by atoms with Crippen molar-refractivity contribution in [3.63, 3.8) is 0 Å². The monoisotopic (exact) mass is 412 g/mol. The molecule has 1 unspecified atom stereocenters. The van der Waals surface area contributed by atoms with Gasteiger partial charge < -0.3 is 20.1 Å². The molecule has 30 heavy (non-hydrogen) atoms. The molecule has 0 saturated heterocycles. The van der Waals surface area contributed by atoms with E-state index in [1.807, 2.05) is 6.92 Å². The van der Waals surface area contributed by atoms with E-state index in [0.717, 1.165) is 0 Å². The lowest BCUT2D eigenvalue weighted by Crippen LogP contribution is -2.46. The largest absolute Gasteiger partial charge is 0.489 e. The summed E-state index contributed by atoms with van der Waals surface area (Å²) < 4.78 is 24.8. The maximum atomic E-state index is 13.7. The summed E-state index contributed by atoms with van der Waals surface area (Å²) in [5.74, 6) is -0.246. The second-order valence-electron chi connectivity index (χ2n) is 7.18. The normalized spacial score (nSPS) is 16.2. The topological polar surface area (TPSA) is 76.7 Å². The lowest BCUT2D eigenvalue weighted by Gasteiger charge is -2.29. The zero-order valence-electron chi connectivity index (χ0n) is 17.2. The van der Waals surface area contributed by atoms with Crippen molar-refractivity contribution in [2.75, 3.05) is 0 Å². The van der Waals surface area contributed by atoms with Crippen molar-refractivity contribution >= 4 is 12.0 Å². The van der Waals surface area contributed by atoms with Crippen LogP contribution in [0.25, 0.3) is 0 Å². The van der Waals surface area contributed by atoms with E-state index in [1.165, 1.54) is 6.07 Å². The third kappa shape index (κ3) is 4.97. The molecular weight excluding hydrogens is 387 g/mol. The van der Waals surface area contributed by atoms with Crippen LogP contribution < -0.4 is 15.4 Å². The van der Waals surface area contributed by atoms with E-state index in [-0.39, 0.29) is 24.6 Å². The summed E-state index contributed by atoms with van der Waals surface area (Å²) in [7, 11) is 0. The molecule has 158 valence electrons. The van der Waals surface area contributed by atoms with Gasteiger partial charge in [-0.1, -0.05) is 37.3 Å². The van der Waals surface area contributed by atoms with Crippen LogP contribution in [0.2, 0.25) is 0 Å². The Balaban J connectivity index is 1.81. The summed E-state index contributed by atoms with van der Waals surface area (Å²) in [5.41, 5.74) is 2.09. The van der Waals surface area contributed by atoms with E-state index in [2.05, 4.69) is 10.6 Å². The van der Waals surface area contributed by atoms with Crippen molar-refractivity contribution in [2.45, 2.75) is 45.9 Å². The second-order valence-corrected chi connectivity index (χ2v) is 7.18. The zero-order valence-corrected chi connectivity index (χ0v) is 17.2. The first-order chi connectivity index (χ1) is 14.4. The molecule has 0 aromatic heterocycles. The molecule has 3 rings (SSSR count). The van der Waals surface area contributed by atoms with Crippen LogP contribution in [0.5, 0.6) is 5.75 Å². The van der Waals surface area contributed by atoms with Crippen molar-refractivity contribution in [3.8, 4) is 5.75 Å². The zero-order chi connectivity index (χ0) is 21.7. The summed E-state index contributed by atoms with van der Waals surface area (Å²) in [6.07, 6.45) is 0.201. The fourth-order valence-electron chi connectivity index (χ4n) is 3.20. The molecule has 7 heteroatoms. The molecule has 0 fully saturated rings. The minimum absolute atomic E-state index is 0.0992. The Hall–Kier alpha value is -3.35. The summed E-state index contributed by atoms with van der Waals surface area (Å²) in [6, 6.07) is 12.4. The number of rotatable bonds is 7. The number of ether oxygens (including phenoxy) is 2. The number of hydrogen-bond acceptors (Lipinski definition) is 4. The molecule has 2 N–H and O–H groups in total. The van der Waals surface area contributed by atoms with E-state index in [4.69, 9.17) is 9.47 Å². The highest BCUT2D eigenvalue weighted by Gasteiger charge is 2.33. The number of esters is 1. The van der Waals surface area contributed by atoms with Crippen molar-refractivity contribution in [3.05, 3.63) is 76.7 Å². The molecule has 1 atom stereocenters. The van der Waals surface area contributed by atoms with Crippen LogP contribution in [-0.4, -0.2) is 18.1 Å². The summed E-state index contributed by atoms with van der Waals surface area (Å²) in [5, 5.41) is 5.48. The first-order valence-electron chi connectivity index (χ1n) is 9.86.